The van der Waals surface area contributed by atoms with E-state index in [1.165, 1.54) is 19.3 Å². The molecule has 0 fully saturated rings. The third-order valence-electron chi connectivity index (χ3n) is 2.06. The number of pyridine rings is 1. The quantitative estimate of drug-likeness (QED) is 0.627. The summed E-state index contributed by atoms with van der Waals surface area (Å²) in [5, 5.41) is 8.73. The van der Waals surface area contributed by atoms with Crippen LogP contribution in [0, 0.1) is 6.92 Å². The molecule has 1 rings (SSSR count). The smallest absolute Gasteiger partial charge is 0.330 e. The van der Waals surface area contributed by atoms with Gasteiger partial charge in [0.15, 0.2) is 0 Å². The number of carboxylic acids is 1. The molecule has 5 heteroatoms. The minimum atomic E-state index is -0.964. The molecule has 0 bridgehead atoms. The first kappa shape index (κ1) is 12.9. The van der Waals surface area contributed by atoms with Crippen molar-refractivity contribution in [2.24, 2.45) is 0 Å². The predicted molar refractivity (Wildman–Crippen MR) is 61.4 cm³/mol. The van der Waals surface area contributed by atoms with Gasteiger partial charge in [0, 0.05) is 12.3 Å². The van der Waals surface area contributed by atoms with Crippen molar-refractivity contribution in [3.05, 3.63) is 35.2 Å². The standard InChI is InChI=1S/C12H13NO4/c1-8-5-9(3-4-12(16)17-2)10(13-7-8)6-11(14)15/h3-5,7H,6H2,1-2H3,(H,14,15). The van der Waals surface area contributed by atoms with Crippen LogP contribution in [0.4, 0.5) is 0 Å². The average Bonchev–Trinajstić information content (AvgIpc) is 2.28. The van der Waals surface area contributed by atoms with Crippen molar-refractivity contribution in [2.75, 3.05) is 7.11 Å². The summed E-state index contributed by atoms with van der Waals surface area (Å²) in [5.41, 5.74) is 1.92. The fourth-order valence-corrected chi connectivity index (χ4v) is 1.28. The summed E-state index contributed by atoms with van der Waals surface area (Å²) in [7, 11) is 1.28. The van der Waals surface area contributed by atoms with E-state index in [-0.39, 0.29) is 6.42 Å². The van der Waals surface area contributed by atoms with Crippen LogP contribution in [-0.4, -0.2) is 29.1 Å². The van der Waals surface area contributed by atoms with Gasteiger partial charge in [-0.25, -0.2) is 4.79 Å². The summed E-state index contributed by atoms with van der Waals surface area (Å²) in [6, 6.07) is 1.77. The lowest BCUT2D eigenvalue weighted by atomic mass is 10.1. The third kappa shape index (κ3) is 4.06. The number of carboxylic acid groups (broad SMARTS) is 1. The number of hydrogen-bond donors (Lipinski definition) is 1. The van der Waals surface area contributed by atoms with E-state index >= 15 is 0 Å². The molecule has 1 aromatic rings. The molecule has 1 aromatic heterocycles. The molecule has 1 heterocycles. The Morgan fingerprint density at radius 3 is 2.82 bits per heavy atom. The van der Waals surface area contributed by atoms with Gasteiger partial charge in [-0.3, -0.25) is 9.78 Å². The van der Waals surface area contributed by atoms with E-state index in [1.54, 1.807) is 12.3 Å². The van der Waals surface area contributed by atoms with Crippen LogP contribution in [0.25, 0.3) is 6.08 Å². The summed E-state index contributed by atoms with van der Waals surface area (Å²) in [6.45, 7) is 1.84. The van der Waals surface area contributed by atoms with Crippen LogP contribution in [0.2, 0.25) is 0 Å². The Hall–Kier alpha value is -2.17. The number of methoxy groups -OCH3 is 1. The monoisotopic (exact) mass is 235 g/mol. The Labute approximate surface area is 98.7 Å². The fourth-order valence-electron chi connectivity index (χ4n) is 1.28. The third-order valence-corrected chi connectivity index (χ3v) is 2.06. The van der Waals surface area contributed by atoms with Gasteiger partial charge in [-0.2, -0.15) is 0 Å². The van der Waals surface area contributed by atoms with E-state index in [4.69, 9.17) is 5.11 Å². The van der Waals surface area contributed by atoms with E-state index in [0.29, 0.717) is 11.3 Å². The molecular weight excluding hydrogens is 222 g/mol. The molecule has 0 aliphatic heterocycles. The van der Waals surface area contributed by atoms with E-state index in [0.717, 1.165) is 5.56 Å². The molecule has 0 radical (unpaired) electrons. The molecule has 0 saturated heterocycles. The van der Waals surface area contributed by atoms with Crippen molar-refractivity contribution >= 4 is 18.0 Å². The summed E-state index contributed by atoms with van der Waals surface area (Å²) < 4.78 is 4.46. The van der Waals surface area contributed by atoms with Gasteiger partial charge in [0.1, 0.15) is 0 Å². The van der Waals surface area contributed by atoms with Gasteiger partial charge in [0.25, 0.3) is 0 Å². The second-order valence-electron chi connectivity index (χ2n) is 3.48. The lowest BCUT2D eigenvalue weighted by molar-refractivity contribution is -0.136. The lowest BCUT2D eigenvalue weighted by Gasteiger charge is -2.03. The number of aliphatic carboxylic acids is 1. The highest BCUT2D eigenvalue weighted by atomic mass is 16.5. The van der Waals surface area contributed by atoms with E-state index in [9.17, 15) is 9.59 Å². The van der Waals surface area contributed by atoms with E-state index < -0.39 is 11.9 Å². The summed E-state index contributed by atoms with van der Waals surface area (Å²) in [6.07, 6.45) is 4.15. The topological polar surface area (TPSA) is 76.5 Å². The second kappa shape index (κ2) is 5.79. The largest absolute Gasteiger partial charge is 0.481 e. The Bertz CT molecular complexity index is 466. The van der Waals surface area contributed by atoms with Crippen molar-refractivity contribution in [2.45, 2.75) is 13.3 Å². The molecule has 0 aromatic carbocycles. The highest BCUT2D eigenvalue weighted by Crippen LogP contribution is 2.11. The van der Waals surface area contributed by atoms with Crippen LogP contribution in [0.3, 0.4) is 0 Å². The minimum absolute atomic E-state index is 0.179. The Balaban J connectivity index is 3.02. The second-order valence-corrected chi connectivity index (χ2v) is 3.48. The van der Waals surface area contributed by atoms with Gasteiger partial charge < -0.3 is 9.84 Å². The van der Waals surface area contributed by atoms with Gasteiger partial charge in [0.2, 0.25) is 0 Å². The number of ether oxygens (including phenoxy) is 1. The van der Waals surface area contributed by atoms with E-state index in [2.05, 4.69) is 9.72 Å². The normalized spacial score (nSPS) is 10.5. The molecule has 0 aliphatic carbocycles. The summed E-state index contributed by atoms with van der Waals surface area (Å²) >= 11 is 0. The Morgan fingerprint density at radius 2 is 2.24 bits per heavy atom. The molecule has 0 unspecified atom stereocenters. The number of esters is 1. The highest BCUT2D eigenvalue weighted by molar-refractivity contribution is 5.87. The van der Waals surface area contributed by atoms with Crippen molar-refractivity contribution in [1.29, 1.82) is 0 Å². The number of carbonyl (C=O) groups excluding carboxylic acids is 1. The van der Waals surface area contributed by atoms with Crippen LogP contribution in [0.1, 0.15) is 16.8 Å². The van der Waals surface area contributed by atoms with Crippen LogP contribution in [0.5, 0.6) is 0 Å². The first-order valence-electron chi connectivity index (χ1n) is 4.96. The molecular formula is C12H13NO4. The molecule has 1 N–H and O–H groups in total. The van der Waals surface area contributed by atoms with Crippen LogP contribution in [0.15, 0.2) is 18.3 Å². The van der Waals surface area contributed by atoms with Gasteiger partial charge in [-0.1, -0.05) is 0 Å². The van der Waals surface area contributed by atoms with Crippen molar-refractivity contribution in [3.8, 4) is 0 Å². The Morgan fingerprint density at radius 1 is 1.53 bits per heavy atom. The minimum Gasteiger partial charge on any atom is -0.481 e. The fraction of sp³-hybridized carbons (Fsp3) is 0.250. The van der Waals surface area contributed by atoms with Crippen molar-refractivity contribution in [1.82, 2.24) is 4.98 Å². The highest BCUT2D eigenvalue weighted by Gasteiger charge is 2.07. The Kier molecular flexibility index (Phi) is 4.39. The number of aromatic nitrogens is 1. The molecule has 0 aliphatic rings. The molecule has 0 saturated carbocycles. The number of nitrogens with zero attached hydrogens (tertiary/aromatic N) is 1. The maximum atomic E-state index is 11.0. The van der Waals surface area contributed by atoms with Gasteiger partial charge >= 0.3 is 11.9 Å². The molecule has 0 spiro atoms. The van der Waals surface area contributed by atoms with Crippen molar-refractivity contribution in [3.63, 3.8) is 0 Å². The SMILES string of the molecule is COC(=O)C=Cc1cc(C)cnc1CC(=O)O. The first-order chi connectivity index (χ1) is 8.02. The molecule has 17 heavy (non-hydrogen) atoms. The zero-order valence-electron chi connectivity index (χ0n) is 9.64. The maximum absolute atomic E-state index is 11.0. The zero-order chi connectivity index (χ0) is 12.8. The molecule has 0 amide bonds. The predicted octanol–water partition coefficient (Wildman–Crippen LogP) is 1.20. The number of rotatable bonds is 4. The first-order valence-corrected chi connectivity index (χ1v) is 4.96. The zero-order valence-corrected chi connectivity index (χ0v) is 9.64. The maximum Gasteiger partial charge on any atom is 0.330 e. The molecule has 5 nitrogen and oxygen atoms in total. The number of hydrogen-bond acceptors (Lipinski definition) is 4. The van der Waals surface area contributed by atoms with Crippen LogP contribution >= 0.6 is 0 Å². The van der Waals surface area contributed by atoms with E-state index in [1.807, 2.05) is 6.92 Å². The molecule has 0 atom stereocenters. The van der Waals surface area contributed by atoms with Gasteiger partial charge in [-0.05, 0) is 30.2 Å². The summed E-state index contributed by atoms with van der Waals surface area (Å²) in [4.78, 5) is 25.6. The molecule has 90 valence electrons. The number of carbonyl (C=O) groups is 2. The van der Waals surface area contributed by atoms with Gasteiger partial charge in [0.05, 0.1) is 19.2 Å². The lowest BCUT2D eigenvalue weighted by Crippen LogP contribution is -2.05. The van der Waals surface area contributed by atoms with Crippen molar-refractivity contribution < 1.29 is 19.4 Å². The van der Waals surface area contributed by atoms with Crippen LogP contribution < -0.4 is 0 Å². The number of aryl methyl sites for hydroxylation is 1. The average molecular weight is 235 g/mol. The van der Waals surface area contributed by atoms with Crippen LogP contribution in [-0.2, 0) is 20.7 Å². The van der Waals surface area contributed by atoms with Gasteiger partial charge in [-0.15, -0.1) is 0 Å². The summed E-state index contributed by atoms with van der Waals surface area (Å²) in [5.74, 6) is -1.46.